The van der Waals surface area contributed by atoms with Gasteiger partial charge in [0.15, 0.2) is 0 Å². The van der Waals surface area contributed by atoms with Crippen molar-refractivity contribution in [2.45, 2.75) is 19.4 Å². The van der Waals surface area contributed by atoms with Crippen LogP contribution >= 0.6 is 0 Å². The van der Waals surface area contributed by atoms with Gasteiger partial charge in [-0.15, -0.1) is 0 Å². The fourth-order valence-corrected chi connectivity index (χ4v) is 2.49. The van der Waals surface area contributed by atoms with Crippen LogP contribution in [0, 0.1) is 11.8 Å². The number of allylic oxidation sites excluding steroid dienone is 2. The van der Waals surface area contributed by atoms with Gasteiger partial charge in [0.2, 0.25) is 5.91 Å². The van der Waals surface area contributed by atoms with E-state index >= 15 is 0 Å². The monoisotopic (exact) mass is 274 g/mol. The number of pyridine rings is 1. The van der Waals surface area contributed by atoms with Crippen molar-refractivity contribution < 1.29 is 14.7 Å². The van der Waals surface area contributed by atoms with Crippen molar-refractivity contribution in [3.63, 3.8) is 0 Å². The average molecular weight is 274 g/mol. The number of amides is 1. The third kappa shape index (κ3) is 3.23. The fourth-order valence-electron chi connectivity index (χ4n) is 2.49. The molecule has 0 aromatic carbocycles. The molecule has 1 N–H and O–H groups in total. The van der Waals surface area contributed by atoms with Crippen LogP contribution in [0.25, 0.3) is 0 Å². The largest absolute Gasteiger partial charge is 0.481 e. The molecule has 0 aliphatic heterocycles. The molecule has 2 unspecified atom stereocenters. The molecule has 5 nitrogen and oxygen atoms in total. The van der Waals surface area contributed by atoms with Crippen molar-refractivity contribution in [3.05, 3.63) is 42.2 Å². The third-order valence-electron chi connectivity index (χ3n) is 3.59. The Balaban J connectivity index is 2.05. The van der Waals surface area contributed by atoms with E-state index in [1.54, 1.807) is 24.3 Å². The summed E-state index contributed by atoms with van der Waals surface area (Å²) in [6, 6.07) is 3.71. The van der Waals surface area contributed by atoms with Crippen LogP contribution in [-0.2, 0) is 16.1 Å². The van der Waals surface area contributed by atoms with E-state index in [4.69, 9.17) is 0 Å². The summed E-state index contributed by atoms with van der Waals surface area (Å²) in [4.78, 5) is 29.3. The van der Waals surface area contributed by atoms with Crippen LogP contribution in [0.5, 0.6) is 0 Å². The summed E-state index contributed by atoms with van der Waals surface area (Å²) in [7, 11) is 1.70. The Hall–Kier alpha value is -2.17. The van der Waals surface area contributed by atoms with Crippen molar-refractivity contribution in [1.29, 1.82) is 0 Å². The minimum atomic E-state index is -0.900. The predicted molar refractivity (Wildman–Crippen MR) is 73.7 cm³/mol. The van der Waals surface area contributed by atoms with Crippen molar-refractivity contribution in [2.24, 2.45) is 11.8 Å². The summed E-state index contributed by atoms with van der Waals surface area (Å²) in [5, 5.41) is 9.21. The van der Waals surface area contributed by atoms with Gasteiger partial charge >= 0.3 is 5.97 Å². The van der Waals surface area contributed by atoms with Crippen LogP contribution in [0.3, 0.4) is 0 Å². The number of carboxylic acids is 1. The van der Waals surface area contributed by atoms with Crippen molar-refractivity contribution in [1.82, 2.24) is 9.88 Å². The SMILES string of the molecule is CN(Cc1cccnc1)C(=O)C1CC=CCC1C(=O)O. The highest BCUT2D eigenvalue weighted by Crippen LogP contribution is 2.27. The van der Waals surface area contributed by atoms with E-state index in [-0.39, 0.29) is 5.91 Å². The second kappa shape index (κ2) is 6.32. The highest BCUT2D eigenvalue weighted by Gasteiger charge is 2.35. The molecule has 0 saturated carbocycles. The second-order valence-electron chi connectivity index (χ2n) is 5.05. The zero-order valence-corrected chi connectivity index (χ0v) is 11.4. The maximum absolute atomic E-state index is 12.4. The van der Waals surface area contributed by atoms with E-state index in [1.807, 2.05) is 24.3 Å². The molecule has 106 valence electrons. The minimum Gasteiger partial charge on any atom is -0.481 e. The Morgan fingerprint density at radius 3 is 2.65 bits per heavy atom. The highest BCUT2D eigenvalue weighted by molar-refractivity contribution is 5.85. The first kappa shape index (κ1) is 14.2. The molecule has 1 heterocycles. The van der Waals surface area contributed by atoms with Crippen LogP contribution < -0.4 is 0 Å². The number of hydrogen-bond acceptors (Lipinski definition) is 3. The number of carbonyl (C=O) groups is 2. The van der Waals surface area contributed by atoms with Gasteiger partial charge in [-0.25, -0.2) is 0 Å². The summed E-state index contributed by atoms with van der Waals surface area (Å²) in [6.45, 7) is 0.444. The van der Waals surface area contributed by atoms with Crippen LogP contribution in [0.2, 0.25) is 0 Å². The van der Waals surface area contributed by atoms with E-state index in [9.17, 15) is 14.7 Å². The van der Waals surface area contributed by atoms with Crippen molar-refractivity contribution >= 4 is 11.9 Å². The van der Waals surface area contributed by atoms with Gasteiger partial charge in [0.1, 0.15) is 0 Å². The zero-order valence-electron chi connectivity index (χ0n) is 11.4. The Labute approximate surface area is 117 Å². The lowest BCUT2D eigenvalue weighted by atomic mass is 9.82. The van der Waals surface area contributed by atoms with Crippen LogP contribution in [0.1, 0.15) is 18.4 Å². The normalized spacial score (nSPS) is 21.4. The summed E-state index contributed by atoms with van der Waals surface area (Å²) in [5.41, 5.74) is 0.932. The summed E-state index contributed by atoms with van der Waals surface area (Å²) in [6.07, 6.45) is 8.03. The molecule has 1 aromatic heterocycles. The number of carboxylic acid groups (broad SMARTS) is 1. The number of nitrogens with zero attached hydrogens (tertiary/aromatic N) is 2. The molecule has 0 fully saturated rings. The maximum Gasteiger partial charge on any atom is 0.307 e. The Morgan fingerprint density at radius 1 is 1.35 bits per heavy atom. The third-order valence-corrected chi connectivity index (χ3v) is 3.59. The predicted octanol–water partition coefficient (Wildman–Crippen LogP) is 1.71. The van der Waals surface area contributed by atoms with Gasteiger partial charge in [-0.2, -0.15) is 0 Å². The lowest BCUT2D eigenvalue weighted by Crippen LogP contribution is -2.39. The topological polar surface area (TPSA) is 70.5 Å². The molecule has 0 radical (unpaired) electrons. The molecule has 0 spiro atoms. The molecular formula is C15H18N2O3. The average Bonchev–Trinajstić information content (AvgIpc) is 2.47. The lowest BCUT2D eigenvalue weighted by molar-refractivity contribution is -0.150. The van der Waals surface area contributed by atoms with E-state index < -0.39 is 17.8 Å². The molecule has 0 saturated heterocycles. The summed E-state index contributed by atoms with van der Waals surface area (Å²) >= 11 is 0. The number of rotatable bonds is 4. The van der Waals surface area contributed by atoms with E-state index in [1.165, 1.54) is 0 Å². The van der Waals surface area contributed by atoms with Gasteiger partial charge in [0.25, 0.3) is 0 Å². The van der Waals surface area contributed by atoms with E-state index in [2.05, 4.69) is 4.98 Å². The highest BCUT2D eigenvalue weighted by atomic mass is 16.4. The molecule has 2 atom stereocenters. The molecule has 1 aromatic rings. The first-order chi connectivity index (χ1) is 9.59. The Kier molecular flexibility index (Phi) is 4.50. The minimum absolute atomic E-state index is 0.120. The molecule has 2 rings (SSSR count). The molecule has 20 heavy (non-hydrogen) atoms. The van der Waals surface area contributed by atoms with E-state index in [0.717, 1.165) is 5.56 Å². The number of aliphatic carboxylic acids is 1. The smallest absolute Gasteiger partial charge is 0.307 e. The van der Waals surface area contributed by atoms with Crippen molar-refractivity contribution in [2.75, 3.05) is 7.05 Å². The zero-order chi connectivity index (χ0) is 14.5. The second-order valence-corrected chi connectivity index (χ2v) is 5.05. The van der Waals surface area contributed by atoms with Gasteiger partial charge in [0, 0.05) is 26.0 Å². The molecule has 1 aliphatic rings. The first-order valence-electron chi connectivity index (χ1n) is 6.61. The summed E-state index contributed by atoms with van der Waals surface area (Å²) < 4.78 is 0. The number of hydrogen-bond donors (Lipinski definition) is 1. The van der Waals surface area contributed by atoms with Gasteiger partial charge < -0.3 is 10.0 Å². The van der Waals surface area contributed by atoms with Crippen molar-refractivity contribution in [3.8, 4) is 0 Å². The van der Waals surface area contributed by atoms with Crippen LogP contribution in [0.4, 0.5) is 0 Å². The molecule has 0 bridgehead atoms. The van der Waals surface area contributed by atoms with E-state index in [0.29, 0.717) is 19.4 Å². The van der Waals surface area contributed by atoms with Gasteiger partial charge in [0.05, 0.1) is 11.8 Å². The standard InChI is InChI=1S/C15H18N2O3/c1-17(10-11-5-4-8-16-9-11)14(18)12-6-2-3-7-13(12)15(19)20/h2-5,8-9,12-13H,6-7,10H2,1H3,(H,19,20). The maximum atomic E-state index is 12.4. The van der Waals surface area contributed by atoms with Gasteiger partial charge in [-0.1, -0.05) is 18.2 Å². The number of carbonyl (C=O) groups excluding carboxylic acids is 1. The quantitative estimate of drug-likeness (QED) is 0.848. The van der Waals surface area contributed by atoms with Gasteiger partial charge in [-0.3, -0.25) is 14.6 Å². The molecule has 1 amide bonds. The number of aromatic nitrogens is 1. The van der Waals surface area contributed by atoms with Crippen LogP contribution in [0.15, 0.2) is 36.7 Å². The Bertz CT molecular complexity index is 513. The molecule has 5 heteroatoms. The molecule has 1 aliphatic carbocycles. The first-order valence-corrected chi connectivity index (χ1v) is 6.61. The summed E-state index contributed by atoms with van der Waals surface area (Å²) in [5.74, 6) is -2.11. The Morgan fingerprint density at radius 2 is 2.05 bits per heavy atom. The van der Waals surface area contributed by atoms with Crippen LogP contribution in [-0.4, -0.2) is 33.9 Å². The lowest BCUT2D eigenvalue weighted by Gasteiger charge is -2.28. The molecular weight excluding hydrogens is 256 g/mol. The fraction of sp³-hybridized carbons (Fsp3) is 0.400. The van der Waals surface area contributed by atoms with Gasteiger partial charge in [-0.05, 0) is 24.5 Å².